The molecule has 0 aliphatic carbocycles. The number of hydrogen-bond donors (Lipinski definition) is 1. The Labute approximate surface area is 133 Å². The first-order valence-corrected chi connectivity index (χ1v) is 8.44. The van der Waals surface area contributed by atoms with Crippen molar-refractivity contribution in [3.63, 3.8) is 0 Å². The second-order valence-corrected chi connectivity index (χ2v) is 6.81. The number of fused-ring (bicyclic) bond motifs is 1. The van der Waals surface area contributed by atoms with Crippen molar-refractivity contribution in [3.05, 3.63) is 64.2 Å². The second-order valence-electron chi connectivity index (χ2n) is 5.10. The molecule has 8 heteroatoms. The van der Waals surface area contributed by atoms with E-state index < -0.39 is 14.9 Å². The highest BCUT2D eigenvalue weighted by atomic mass is 32.2. The summed E-state index contributed by atoms with van der Waals surface area (Å²) in [5.74, 6) is 0.662. The molecule has 0 saturated carbocycles. The van der Waals surface area contributed by atoms with Crippen molar-refractivity contribution >= 4 is 15.7 Å². The van der Waals surface area contributed by atoms with E-state index in [4.69, 9.17) is 4.74 Å². The van der Waals surface area contributed by atoms with Crippen molar-refractivity contribution in [2.45, 2.75) is 17.4 Å². The Bertz CT molecular complexity index is 833. The van der Waals surface area contributed by atoms with E-state index >= 15 is 0 Å². The molecule has 1 atom stereocenters. The maximum absolute atomic E-state index is 12.5. The highest BCUT2D eigenvalue weighted by Gasteiger charge is 2.26. The van der Waals surface area contributed by atoms with E-state index in [1.807, 2.05) is 18.2 Å². The van der Waals surface area contributed by atoms with Gasteiger partial charge in [0.25, 0.3) is 5.69 Å². The van der Waals surface area contributed by atoms with E-state index in [9.17, 15) is 18.5 Å². The van der Waals surface area contributed by atoms with Crippen LogP contribution in [0.25, 0.3) is 0 Å². The average molecular weight is 334 g/mol. The molecule has 1 N–H and O–H groups in total. The number of sulfonamides is 1. The van der Waals surface area contributed by atoms with Gasteiger partial charge in [-0.25, -0.2) is 13.1 Å². The number of nitro benzene ring substituents is 1. The molecule has 2 aromatic carbocycles. The Kier molecular flexibility index (Phi) is 4.01. The van der Waals surface area contributed by atoms with Crippen LogP contribution in [-0.2, 0) is 10.0 Å². The summed E-state index contributed by atoms with van der Waals surface area (Å²) in [7, 11) is -3.77. The van der Waals surface area contributed by atoms with E-state index in [2.05, 4.69) is 4.72 Å². The number of nitrogens with zero attached hydrogens (tertiary/aromatic N) is 1. The van der Waals surface area contributed by atoms with Crippen molar-refractivity contribution in [1.29, 1.82) is 0 Å². The number of benzene rings is 2. The Morgan fingerprint density at radius 1 is 1.13 bits per heavy atom. The zero-order valence-corrected chi connectivity index (χ0v) is 12.8. The molecule has 1 aliphatic heterocycles. The van der Waals surface area contributed by atoms with Gasteiger partial charge >= 0.3 is 0 Å². The fourth-order valence-corrected chi connectivity index (χ4v) is 3.72. The number of rotatable bonds is 4. The first-order valence-electron chi connectivity index (χ1n) is 6.96. The minimum absolute atomic E-state index is 0.00734. The van der Waals surface area contributed by atoms with Gasteiger partial charge in [-0.1, -0.05) is 18.2 Å². The minimum atomic E-state index is -3.77. The minimum Gasteiger partial charge on any atom is -0.493 e. The second kappa shape index (κ2) is 5.98. The molecular weight excluding hydrogens is 320 g/mol. The molecule has 1 aliphatic rings. The van der Waals surface area contributed by atoms with Gasteiger partial charge in [-0.2, -0.15) is 0 Å². The molecule has 120 valence electrons. The smallest absolute Gasteiger partial charge is 0.269 e. The van der Waals surface area contributed by atoms with E-state index in [-0.39, 0.29) is 16.6 Å². The lowest BCUT2D eigenvalue weighted by Gasteiger charge is -2.26. The van der Waals surface area contributed by atoms with Crippen LogP contribution in [0.4, 0.5) is 5.69 Å². The number of nitrogens with one attached hydrogen (secondary N) is 1. The summed E-state index contributed by atoms with van der Waals surface area (Å²) in [4.78, 5) is 10.1. The number of hydrogen-bond acceptors (Lipinski definition) is 5. The van der Waals surface area contributed by atoms with Crippen molar-refractivity contribution < 1.29 is 18.1 Å². The van der Waals surface area contributed by atoms with Gasteiger partial charge in [0.15, 0.2) is 0 Å². The van der Waals surface area contributed by atoms with Gasteiger partial charge in [-0.15, -0.1) is 0 Å². The van der Waals surface area contributed by atoms with Crippen LogP contribution < -0.4 is 9.46 Å². The quantitative estimate of drug-likeness (QED) is 0.684. The van der Waals surface area contributed by atoms with Gasteiger partial charge in [0.1, 0.15) is 5.75 Å². The Morgan fingerprint density at radius 2 is 1.83 bits per heavy atom. The third-order valence-corrected chi connectivity index (χ3v) is 5.10. The van der Waals surface area contributed by atoms with Gasteiger partial charge in [-0.3, -0.25) is 10.1 Å². The lowest BCUT2D eigenvalue weighted by atomic mass is 10.0. The molecule has 7 nitrogen and oxygen atoms in total. The van der Waals surface area contributed by atoms with Crippen molar-refractivity contribution in [3.8, 4) is 5.75 Å². The number of non-ortho nitro benzene ring substituents is 1. The molecule has 3 rings (SSSR count). The van der Waals surface area contributed by atoms with Crippen LogP contribution in [0.5, 0.6) is 5.75 Å². The molecule has 1 unspecified atom stereocenters. The topological polar surface area (TPSA) is 98.5 Å². The predicted molar refractivity (Wildman–Crippen MR) is 82.7 cm³/mol. The number of ether oxygens (including phenoxy) is 1. The fraction of sp³-hybridized carbons (Fsp3) is 0.200. The van der Waals surface area contributed by atoms with Crippen LogP contribution >= 0.6 is 0 Å². The highest BCUT2D eigenvalue weighted by molar-refractivity contribution is 7.89. The summed E-state index contributed by atoms with van der Waals surface area (Å²) >= 11 is 0. The molecule has 1 heterocycles. The molecule has 0 amide bonds. The van der Waals surface area contributed by atoms with Crippen molar-refractivity contribution in [2.24, 2.45) is 0 Å². The van der Waals surface area contributed by atoms with Crippen LogP contribution in [0.15, 0.2) is 53.4 Å². The molecule has 0 bridgehead atoms. The third kappa shape index (κ3) is 3.17. The average Bonchev–Trinajstić information content (AvgIpc) is 2.55. The van der Waals surface area contributed by atoms with Crippen LogP contribution in [0.1, 0.15) is 18.0 Å². The largest absolute Gasteiger partial charge is 0.493 e. The molecule has 0 radical (unpaired) electrons. The summed E-state index contributed by atoms with van der Waals surface area (Å²) in [6, 6.07) is 11.7. The lowest BCUT2D eigenvalue weighted by molar-refractivity contribution is -0.384. The van der Waals surface area contributed by atoms with Crippen molar-refractivity contribution in [1.82, 2.24) is 4.72 Å². The summed E-state index contributed by atoms with van der Waals surface area (Å²) in [6.45, 7) is 0.421. The maximum atomic E-state index is 12.5. The monoisotopic (exact) mass is 334 g/mol. The molecule has 2 aromatic rings. The number of para-hydroxylation sites is 1. The van der Waals surface area contributed by atoms with E-state index in [0.29, 0.717) is 18.8 Å². The Balaban J connectivity index is 1.86. The third-order valence-electron chi connectivity index (χ3n) is 3.61. The predicted octanol–water partition coefficient (Wildman–Crippen LogP) is 2.40. The summed E-state index contributed by atoms with van der Waals surface area (Å²) in [6.07, 6.45) is 0.517. The molecule has 0 fully saturated rings. The lowest BCUT2D eigenvalue weighted by Crippen LogP contribution is -2.32. The molecular formula is C15H14N2O5S. The summed E-state index contributed by atoms with van der Waals surface area (Å²) < 4.78 is 33.1. The SMILES string of the molecule is O=[N+]([O-])c1ccc(S(=O)(=O)NC2CCOc3ccccc32)cc1. The normalized spacial score (nSPS) is 17.1. The van der Waals surface area contributed by atoms with Gasteiger partial charge in [-0.05, 0) is 18.2 Å². The fourth-order valence-electron chi connectivity index (χ4n) is 2.47. The zero-order chi connectivity index (χ0) is 16.4. The first-order chi connectivity index (χ1) is 11.0. The van der Waals surface area contributed by atoms with Crippen molar-refractivity contribution in [2.75, 3.05) is 6.61 Å². The maximum Gasteiger partial charge on any atom is 0.269 e. The number of nitro groups is 1. The van der Waals surface area contributed by atoms with Gasteiger partial charge in [0.2, 0.25) is 10.0 Å². The van der Waals surface area contributed by atoms with Crippen LogP contribution in [0, 0.1) is 10.1 Å². The molecule has 0 aromatic heterocycles. The van der Waals surface area contributed by atoms with E-state index in [1.54, 1.807) is 6.07 Å². The zero-order valence-electron chi connectivity index (χ0n) is 12.0. The van der Waals surface area contributed by atoms with E-state index in [0.717, 1.165) is 5.56 Å². The molecule has 0 saturated heterocycles. The molecule has 23 heavy (non-hydrogen) atoms. The van der Waals surface area contributed by atoms with Gasteiger partial charge in [0.05, 0.1) is 22.5 Å². The standard InChI is InChI=1S/C15H14N2O5S/c18-17(19)11-5-7-12(8-6-11)23(20,21)16-14-9-10-22-15-4-2-1-3-13(14)15/h1-8,14,16H,9-10H2. The van der Waals surface area contributed by atoms with E-state index in [1.165, 1.54) is 24.3 Å². The summed E-state index contributed by atoms with van der Waals surface area (Å²) in [5.41, 5.74) is 0.629. The van der Waals surface area contributed by atoms with Crippen LogP contribution in [0.3, 0.4) is 0 Å². The molecule has 0 spiro atoms. The van der Waals surface area contributed by atoms with Gasteiger partial charge in [0, 0.05) is 24.1 Å². The summed E-state index contributed by atoms with van der Waals surface area (Å²) in [5, 5.41) is 10.6. The highest BCUT2D eigenvalue weighted by Crippen LogP contribution is 2.32. The van der Waals surface area contributed by atoms with Crippen LogP contribution in [-0.4, -0.2) is 19.9 Å². The van der Waals surface area contributed by atoms with Crippen LogP contribution in [0.2, 0.25) is 0 Å². The van der Waals surface area contributed by atoms with Gasteiger partial charge < -0.3 is 4.74 Å². The Hall–Kier alpha value is -2.45. The Morgan fingerprint density at radius 3 is 2.52 bits per heavy atom. The first kappa shape index (κ1) is 15.4.